The van der Waals surface area contributed by atoms with E-state index in [9.17, 15) is 0 Å². The minimum absolute atomic E-state index is 0.794. The van der Waals surface area contributed by atoms with Crippen LogP contribution in [0.15, 0.2) is 54.6 Å². The average Bonchev–Trinajstić information content (AvgIpc) is 3.29. The molecule has 2 heteroatoms. The number of rotatable bonds is 6. The highest BCUT2D eigenvalue weighted by Gasteiger charge is 2.19. The maximum absolute atomic E-state index is 3.50. The average molecular weight is 252 g/mol. The van der Waals surface area contributed by atoms with Gasteiger partial charge in [-0.1, -0.05) is 42.5 Å². The third-order valence-corrected chi connectivity index (χ3v) is 3.46. The zero-order valence-corrected chi connectivity index (χ0v) is 11.1. The molecule has 2 nitrogen and oxygen atoms in total. The van der Waals surface area contributed by atoms with Crippen LogP contribution in [0.2, 0.25) is 0 Å². The molecule has 3 rings (SSSR count). The van der Waals surface area contributed by atoms with Crippen LogP contribution in [-0.2, 0) is 0 Å². The van der Waals surface area contributed by atoms with E-state index in [2.05, 4.69) is 59.2 Å². The molecule has 98 valence electrons. The maximum Gasteiger partial charge on any atom is 0.0341 e. The Kier molecular flexibility index (Phi) is 3.80. The van der Waals surface area contributed by atoms with Crippen molar-refractivity contribution < 1.29 is 0 Å². The molecule has 1 fully saturated rings. The predicted molar refractivity (Wildman–Crippen MR) is 81.4 cm³/mol. The maximum atomic E-state index is 3.50. The van der Waals surface area contributed by atoms with Gasteiger partial charge in [-0.3, -0.25) is 0 Å². The molecule has 0 amide bonds. The second-order valence-electron chi connectivity index (χ2n) is 5.10. The van der Waals surface area contributed by atoms with Gasteiger partial charge in [-0.15, -0.1) is 0 Å². The lowest BCUT2D eigenvalue weighted by molar-refractivity contribution is 0.701. The molecule has 2 aromatic carbocycles. The van der Waals surface area contributed by atoms with Crippen LogP contribution in [0.4, 0.5) is 5.69 Å². The SMILES string of the molecule is c1ccc(-c2ccc(NCCNC3CC3)cc2)cc1. The Balaban J connectivity index is 1.53. The number of anilines is 1. The van der Waals surface area contributed by atoms with E-state index in [1.165, 1.54) is 29.7 Å². The number of hydrogen-bond donors (Lipinski definition) is 2. The summed E-state index contributed by atoms with van der Waals surface area (Å²) in [5.74, 6) is 0. The molecule has 1 aliphatic carbocycles. The fourth-order valence-corrected chi connectivity index (χ4v) is 2.18. The zero-order valence-electron chi connectivity index (χ0n) is 11.1. The summed E-state index contributed by atoms with van der Waals surface area (Å²) in [6.45, 7) is 2.03. The molecule has 0 spiro atoms. The van der Waals surface area contributed by atoms with Crippen LogP contribution in [0, 0.1) is 0 Å². The normalized spacial score (nSPS) is 14.3. The lowest BCUT2D eigenvalue weighted by atomic mass is 10.1. The monoisotopic (exact) mass is 252 g/mol. The molecule has 0 saturated heterocycles. The van der Waals surface area contributed by atoms with Gasteiger partial charge in [-0.25, -0.2) is 0 Å². The molecule has 0 unspecified atom stereocenters. The van der Waals surface area contributed by atoms with E-state index in [1.807, 2.05) is 6.07 Å². The van der Waals surface area contributed by atoms with Crippen molar-refractivity contribution in [2.45, 2.75) is 18.9 Å². The third kappa shape index (κ3) is 3.58. The Hall–Kier alpha value is -1.80. The third-order valence-electron chi connectivity index (χ3n) is 3.46. The Morgan fingerprint density at radius 1 is 0.789 bits per heavy atom. The van der Waals surface area contributed by atoms with Crippen LogP contribution in [0.25, 0.3) is 11.1 Å². The van der Waals surface area contributed by atoms with Crippen molar-refractivity contribution in [2.75, 3.05) is 18.4 Å². The van der Waals surface area contributed by atoms with Crippen molar-refractivity contribution in [1.82, 2.24) is 5.32 Å². The molecule has 0 aromatic heterocycles. The molecule has 2 aromatic rings. The minimum atomic E-state index is 0.794. The van der Waals surface area contributed by atoms with Gasteiger partial charge in [0.05, 0.1) is 0 Å². The van der Waals surface area contributed by atoms with Gasteiger partial charge in [0.1, 0.15) is 0 Å². The molecule has 0 aliphatic heterocycles. The zero-order chi connectivity index (χ0) is 12.9. The van der Waals surface area contributed by atoms with Gasteiger partial charge in [0.25, 0.3) is 0 Å². The van der Waals surface area contributed by atoms with Crippen molar-refractivity contribution >= 4 is 5.69 Å². The molecule has 19 heavy (non-hydrogen) atoms. The summed E-state index contributed by atoms with van der Waals surface area (Å²) >= 11 is 0. The molecule has 0 atom stereocenters. The topological polar surface area (TPSA) is 24.1 Å². The lowest BCUT2D eigenvalue weighted by Gasteiger charge is -2.08. The predicted octanol–water partition coefficient (Wildman–Crippen LogP) is 3.52. The van der Waals surface area contributed by atoms with Crippen molar-refractivity contribution in [2.24, 2.45) is 0 Å². The molecule has 2 N–H and O–H groups in total. The number of nitrogens with one attached hydrogen (secondary N) is 2. The number of benzene rings is 2. The molecule has 1 aliphatic rings. The minimum Gasteiger partial charge on any atom is -0.384 e. The van der Waals surface area contributed by atoms with Gasteiger partial charge in [0.15, 0.2) is 0 Å². The van der Waals surface area contributed by atoms with E-state index in [1.54, 1.807) is 0 Å². The van der Waals surface area contributed by atoms with Crippen molar-refractivity contribution in [3.8, 4) is 11.1 Å². The van der Waals surface area contributed by atoms with Crippen molar-refractivity contribution in [1.29, 1.82) is 0 Å². The summed E-state index contributed by atoms with van der Waals surface area (Å²) in [5.41, 5.74) is 3.73. The highest BCUT2D eigenvalue weighted by Crippen LogP contribution is 2.21. The lowest BCUT2D eigenvalue weighted by Crippen LogP contribution is -2.23. The molecular weight excluding hydrogens is 232 g/mol. The summed E-state index contributed by atoms with van der Waals surface area (Å²) < 4.78 is 0. The van der Waals surface area contributed by atoms with Gasteiger partial charge < -0.3 is 10.6 Å². The quantitative estimate of drug-likeness (QED) is 0.769. The molecular formula is C17H20N2. The first-order valence-electron chi connectivity index (χ1n) is 7.04. The van der Waals surface area contributed by atoms with Gasteiger partial charge >= 0.3 is 0 Å². The smallest absolute Gasteiger partial charge is 0.0341 e. The van der Waals surface area contributed by atoms with Crippen LogP contribution in [-0.4, -0.2) is 19.1 Å². The van der Waals surface area contributed by atoms with E-state index in [0.29, 0.717) is 0 Å². The first-order valence-corrected chi connectivity index (χ1v) is 7.04. The molecule has 1 saturated carbocycles. The first kappa shape index (κ1) is 12.2. The highest BCUT2D eigenvalue weighted by molar-refractivity contribution is 5.65. The van der Waals surface area contributed by atoms with Crippen LogP contribution in [0.1, 0.15) is 12.8 Å². The van der Waals surface area contributed by atoms with Gasteiger partial charge in [0, 0.05) is 24.8 Å². The van der Waals surface area contributed by atoms with E-state index in [-0.39, 0.29) is 0 Å². The Labute approximate surface area is 114 Å². The second-order valence-corrected chi connectivity index (χ2v) is 5.10. The van der Waals surface area contributed by atoms with Crippen LogP contribution in [0.3, 0.4) is 0 Å². The van der Waals surface area contributed by atoms with Gasteiger partial charge in [-0.05, 0) is 36.1 Å². The van der Waals surface area contributed by atoms with E-state index in [0.717, 1.165) is 19.1 Å². The van der Waals surface area contributed by atoms with Crippen LogP contribution >= 0.6 is 0 Å². The van der Waals surface area contributed by atoms with Crippen LogP contribution < -0.4 is 10.6 Å². The summed E-state index contributed by atoms with van der Waals surface area (Å²) in [7, 11) is 0. The van der Waals surface area contributed by atoms with Crippen LogP contribution in [0.5, 0.6) is 0 Å². The number of hydrogen-bond acceptors (Lipinski definition) is 2. The van der Waals surface area contributed by atoms with E-state index >= 15 is 0 Å². The summed E-state index contributed by atoms with van der Waals surface area (Å²) in [4.78, 5) is 0. The fraction of sp³-hybridized carbons (Fsp3) is 0.294. The summed E-state index contributed by atoms with van der Waals surface area (Å²) in [6.07, 6.45) is 2.71. The van der Waals surface area contributed by atoms with Gasteiger partial charge in [0.2, 0.25) is 0 Å². The fourth-order valence-electron chi connectivity index (χ4n) is 2.18. The standard InChI is InChI=1S/C17H20N2/c1-2-4-14(5-3-1)15-6-8-16(9-7-15)18-12-13-19-17-10-11-17/h1-9,17-19H,10-13H2. The Morgan fingerprint density at radius 3 is 2.16 bits per heavy atom. The summed E-state index contributed by atoms with van der Waals surface area (Å²) in [6, 6.07) is 19.9. The Morgan fingerprint density at radius 2 is 1.47 bits per heavy atom. The molecule has 0 radical (unpaired) electrons. The second kappa shape index (κ2) is 5.89. The Bertz CT molecular complexity index is 501. The van der Waals surface area contributed by atoms with Gasteiger partial charge in [-0.2, -0.15) is 0 Å². The van der Waals surface area contributed by atoms with Crippen molar-refractivity contribution in [3.63, 3.8) is 0 Å². The van der Waals surface area contributed by atoms with Crippen molar-refractivity contribution in [3.05, 3.63) is 54.6 Å². The first-order chi connectivity index (χ1) is 9.42. The molecule has 0 heterocycles. The summed E-state index contributed by atoms with van der Waals surface area (Å²) in [5, 5.41) is 6.95. The molecule has 0 bridgehead atoms. The largest absolute Gasteiger partial charge is 0.384 e. The van der Waals surface area contributed by atoms with E-state index in [4.69, 9.17) is 0 Å². The van der Waals surface area contributed by atoms with E-state index < -0.39 is 0 Å². The highest BCUT2D eigenvalue weighted by atomic mass is 15.0.